The summed E-state index contributed by atoms with van der Waals surface area (Å²) in [6.07, 6.45) is 0.887. The zero-order valence-electron chi connectivity index (χ0n) is 14.9. The van der Waals surface area contributed by atoms with Crippen molar-refractivity contribution >= 4 is 17.5 Å². The molecule has 7 heteroatoms. The van der Waals surface area contributed by atoms with Crippen molar-refractivity contribution in [3.63, 3.8) is 0 Å². The van der Waals surface area contributed by atoms with Gasteiger partial charge >= 0.3 is 0 Å². The molecule has 1 atom stereocenters. The molecule has 1 fully saturated rings. The Kier molecular flexibility index (Phi) is 6.13. The second kappa shape index (κ2) is 7.93. The highest BCUT2D eigenvalue weighted by Crippen LogP contribution is 2.27. The lowest BCUT2D eigenvalue weighted by atomic mass is 9.80. The van der Waals surface area contributed by atoms with Gasteiger partial charge in [0.2, 0.25) is 11.8 Å². The van der Waals surface area contributed by atoms with Crippen LogP contribution in [0.15, 0.2) is 24.3 Å². The van der Waals surface area contributed by atoms with Gasteiger partial charge in [-0.15, -0.1) is 0 Å². The number of hydrogen-bond acceptors (Lipinski definition) is 4. The van der Waals surface area contributed by atoms with Gasteiger partial charge in [-0.1, -0.05) is 13.8 Å². The first-order valence-electron chi connectivity index (χ1n) is 8.51. The van der Waals surface area contributed by atoms with E-state index in [0.29, 0.717) is 5.69 Å². The summed E-state index contributed by atoms with van der Waals surface area (Å²) >= 11 is 0. The van der Waals surface area contributed by atoms with Crippen LogP contribution in [0.4, 0.5) is 10.1 Å². The number of carbonyl (C=O) groups is 2. The third kappa shape index (κ3) is 5.24. The van der Waals surface area contributed by atoms with Gasteiger partial charge in [0, 0.05) is 37.8 Å². The molecule has 0 aliphatic carbocycles. The Morgan fingerprint density at radius 1 is 1.32 bits per heavy atom. The molecule has 0 radical (unpaired) electrons. The van der Waals surface area contributed by atoms with E-state index >= 15 is 0 Å². The Morgan fingerprint density at radius 2 is 1.96 bits per heavy atom. The maximum absolute atomic E-state index is 13.2. The largest absolute Gasteiger partial charge is 0.370 e. The summed E-state index contributed by atoms with van der Waals surface area (Å²) < 4.78 is 13.2. The van der Waals surface area contributed by atoms with E-state index < -0.39 is 5.91 Å². The van der Waals surface area contributed by atoms with Crippen LogP contribution in [-0.4, -0.2) is 48.9 Å². The van der Waals surface area contributed by atoms with Crippen molar-refractivity contribution < 1.29 is 14.0 Å². The molecule has 138 valence electrons. The number of halogens is 1. The van der Waals surface area contributed by atoms with Crippen molar-refractivity contribution in [2.45, 2.75) is 32.7 Å². The molecule has 1 aliphatic heterocycles. The Bertz CT molecular complexity index is 618. The maximum Gasteiger partial charge on any atom is 0.241 e. The van der Waals surface area contributed by atoms with Crippen LogP contribution in [0.1, 0.15) is 26.7 Å². The number of anilines is 1. The summed E-state index contributed by atoms with van der Waals surface area (Å²) in [5, 5.41) is 0. The monoisotopic (exact) mass is 350 g/mol. The fraction of sp³-hybridized carbons (Fsp3) is 0.556. The molecule has 6 nitrogen and oxygen atoms in total. The summed E-state index contributed by atoms with van der Waals surface area (Å²) in [7, 11) is 0. The lowest BCUT2D eigenvalue weighted by molar-refractivity contribution is -0.120. The number of nitrogens with two attached hydrogens (primary N) is 2. The predicted octanol–water partition coefficient (Wildman–Crippen LogP) is 1.09. The summed E-state index contributed by atoms with van der Waals surface area (Å²) in [6.45, 7) is 6.08. The Labute approximate surface area is 147 Å². The van der Waals surface area contributed by atoms with Crippen molar-refractivity contribution in [1.29, 1.82) is 0 Å². The van der Waals surface area contributed by atoms with Crippen LogP contribution in [0.2, 0.25) is 0 Å². The number of benzene rings is 1. The van der Waals surface area contributed by atoms with Crippen molar-refractivity contribution in [1.82, 2.24) is 4.90 Å². The minimum absolute atomic E-state index is 0.0550. The van der Waals surface area contributed by atoms with Gasteiger partial charge in [-0.3, -0.25) is 14.5 Å². The third-order valence-electron chi connectivity index (χ3n) is 4.77. The van der Waals surface area contributed by atoms with Crippen LogP contribution >= 0.6 is 0 Å². The molecule has 1 heterocycles. The summed E-state index contributed by atoms with van der Waals surface area (Å²) in [5.41, 5.74) is 11.9. The van der Waals surface area contributed by atoms with E-state index in [1.807, 2.05) is 0 Å². The molecule has 4 N–H and O–H groups in total. The summed E-state index contributed by atoms with van der Waals surface area (Å²) in [4.78, 5) is 27.5. The zero-order chi connectivity index (χ0) is 18.6. The van der Waals surface area contributed by atoms with Gasteiger partial charge in [0.15, 0.2) is 0 Å². The fourth-order valence-corrected chi connectivity index (χ4v) is 3.14. The number of primary amides is 1. The van der Waals surface area contributed by atoms with E-state index in [-0.39, 0.29) is 42.7 Å². The van der Waals surface area contributed by atoms with Crippen molar-refractivity contribution in [2.24, 2.45) is 16.9 Å². The first-order chi connectivity index (χ1) is 11.7. The molecule has 1 unspecified atom stereocenters. The number of nitrogens with zero attached hydrogens (tertiary/aromatic N) is 2. The van der Waals surface area contributed by atoms with Gasteiger partial charge in [0.05, 0.1) is 6.54 Å². The topological polar surface area (TPSA) is 92.7 Å². The second-order valence-corrected chi connectivity index (χ2v) is 7.33. The van der Waals surface area contributed by atoms with E-state index in [4.69, 9.17) is 11.5 Å². The van der Waals surface area contributed by atoms with Gasteiger partial charge in [-0.25, -0.2) is 4.39 Å². The number of carbonyl (C=O) groups excluding carboxylic acids is 2. The van der Waals surface area contributed by atoms with Crippen molar-refractivity contribution in [3.8, 4) is 0 Å². The molecule has 2 amide bonds. The third-order valence-corrected chi connectivity index (χ3v) is 4.77. The highest BCUT2D eigenvalue weighted by Gasteiger charge is 2.34. The van der Waals surface area contributed by atoms with Crippen LogP contribution in [0.25, 0.3) is 0 Å². The lowest BCUT2D eigenvalue weighted by Crippen LogP contribution is -2.54. The minimum Gasteiger partial charge on any atom is -0.370 e. The number of likely N-dealkylation sites (tertiary alicyclic amines) is 1. The number of hydrogen-bond donors (Lipinski definition) is 2. The molecule has 2 rings (SSSR count). The van der Waals surface area contributed by atoms with E-state index in [1.54, 1.807) is 0 Å². The van der Waals surface area contributed by atoms with Crippen LogP contribution in [-0.2, 0) is 9.59 Å². The second-order valence-electron chi connectivity index (χ2n) is 7.33. The molecule has 25 heavy (non-hydrogen) atoms. The van der Waals surface area contributed by atoms with Crippen LogP contribution < -0.4 is 16.4 Å². The molecule has 0 saturated carbocycles. The number of amides is 2. The van der Waals surface area contributed by atoms with Crippen LogP contribution in [0, 0.1) is 11.2 Å². The predicted molar refractivity (Wildman–Crippen MR) is 95.4 cm³/mol. The Hall–Kier alpha value is -1.99. The first-order valence-corrected chi connectivity index (χ1v) is 8.51. The maximum atomic E-state index is 13.2. The molecule has 1 aromatic carbocycles. The highest BCUT2D eigenvalue weighted by atomic mass is 19.1. The van der Waals surface area contributed by atoms with Gasteiger partial charge in [0.25, 0.3) is 0 Å². The van der Waals surface area contributed by atoms with Crippen LogP contribution in [0.5, 0.6) is 0 Å². The van der Waals surface area contributed by atoms with Gasteiger partial charge in [-0.05, 0) is 36.1 Å². The molecular weight excluding hydrogens is 323 g/mol. The lowest BCUT2D eigenvalue weighted by Gasteiger charge is -2.42. The summed E-state index contributed by atoms with van der Waals surface area (Å²) in [5.74, 6) is -0.998. The van der Waals surface area contributed by atoms with E-state index in [1.165, 1.54) is 29.2 Å². The molecular formula is C18H27FN4O2. The fourth-order valence-electron chi connectivity index (χ4n) is 3.14. The van der Waals surface area contributed by atoms with Gasteiger partial charge in [-0.2, -0.15) is 0 Å². The minimum atomic E-state index is -0.481. The normalized spacial score (nSPS) is 20.2. The molecule has 0 bridgehead atoms. The molecule has 1 aliphatic rings. The van der Waals surface area contributed by atoms with Gasteiger partial charge < -0.3 is 16.4 Å². The average Bonchev–Trinajstić information content (AvgIpc) is 2.52. The van der Waals surface area contributed by atoms with E-state index in [0.717, 1.165) is 19.5 Å². The Morgan fingerprint density at radius 3 is 2.52 bits per heavy atom. The molecule has 1 aromatic rings. The van der Waals surface area contributed by atoms with Crippen LogP contribution in [0.3, 0.4) is 0 Å². The standard InChI is InChI=1S/C18H27FN4O2/c1-18(2)12-22(9-7-15(18)20)11-17(25)23(10-8-16(21)24)14-5-3-13(19)4-6-14/h3-6,15H,7-12,20H2,1-2H3,(H2,21,24). The summed E-state index contributed by atoms with van der Waals surface area (Å²) in [6, 6.07) is 5.77. The smallest absolute Gasteiger partial charge is 0.241 e. The van der Waals surface area contributed by atoms with Crippen molar-refractivity contribution in [3.05, 3.63) is 30.1 Å². The molecule has 0 aromatic heterocycles. The first kappa shape index (κ1) is 19.3. The molecule has 0 spiro atoms. The average molecular weight is 350 g/mol. The Balaban J connectivity index is 2.09. The van der Waals surface area contributed by atoms with Gasteiger partial charge in [0.1, 0.15) is 5.82 Å². The zero-order valence-corrected chi connectivity index (χ0v) is 14.9. The number of piperidine rings is 1. The molecule has 1 saturated heterocycles. The highest BCUT2D eigenvalue weighted by molar-refractivity contribution is 5.95. The SMILES string of the molecule is CC1(C)CN(CC(=O)N(CCC(N)=O)c2ccc(F)cc2)CCC1N. The quantitative estimate of drug-likeness (QED) is 0.803. The van der Waals surface area contributed by atoms with Crippen molar-refractivity contribution in [2.75, 3.05) is 31.1 Å². The van der Waals surface area contributed by atoms with E-state index in [2.05, 4.69) is 18.7 Å². The van der Waals surface area contributed by atoms with E-state index in [9.17, 15) is 14.0 Å². The number of rotatable bonds is 6.